The Balaban J connectivity index is 1.42. The van der Waals surface area contributed by atoms with E-state index in [1.807, 2.05) is 6.07 Å². The van der Waals surface area contributed by atoms with Crippen molar-refractivity contribution in [2.45, 2.75) is 226 Å². The van der Waals surface area contributed by atoms with Gasteiger partial charge >= 0.3 is 18.0 Å². The van der Waals surface area contributed by atoms with Crippen LogP contribution in [0.4, 0.5) is 9.59 Å². The Morgan fingerprint density at radius 2 is 0.837 bits per heavy atom. The number of carboxylic acids is 1. The number of carbonyl (C=O) groups excluding carboxylic acids is 15. The minimum absolute atomic E-state index is 0.0139. The Morgan fingerprint density at radius 3 is 1.34 bits per heavy atom. The molecule has 17 amide bonds. The quantitative estimate of drug-likeness (QED) is 0.00851. The summed E-state index contributed by atoms with van der Waals surface area (Å²) >= 11 is 0. The third-order valence-electron chi connectivity index (χ3n) is 23.3. The maximum Gasteiger partial charge on any atom is 0.326 e. The van der Waals surface area contributed by atoms with Crippen LogP contribution in [-0.2, 0) is 86.4 Å². The highest BCUT2D eigenvalue weighted by Crippen LogP contribution is 2.29. The number of rotatable bonds is 43. The van der Waals surface area contributed by atoms with E-state index in [1.54, 1.807) is 36.4 Å². The topological polar surface area (TPSA) is 848 Å². The molecule has 3 aliphatic rings. The van der Waals surface area contributed by atoms with Gasteiger partial charge in [-0.05, 0) is 180 Å². The second-order valence-electron chi connectivity index (χ2n) is 34.3. The lowest BCUT2D eigenvalue weighted by atomic mass is 10.00. The number of urea groups is 2. The molecule has 0 unspecified atom stereocenters. The zero-order valence-corrected chi connectivity index (χ0v) is 79.9. The van der Waals surface area contributed by atoms with Crippen molar-refractivity contribution >= 4 is 151 Å². The molecule has 772 valence electrons. The normalized spacial score (nSPS) is 20.8. The summed E-state index contributed by atoms with van der Waals surface area (Å²) in [5.41, 5.74) is 46.6. The molecule has 40 N–H and O–H groups in total. The second kappa shape index (κ2) is 59.1. The first-order valence-corrected chi connectivity index (χ1v) is 49.1. The summed E-state index contributed by atoms with van der Waals surface area (Å²) in [7, 11) is 1.47. The average Bonchev–Trinajstić information content (AvgIpc) is 1.59. The van der Waals surface area contributed by atoms with E-state index in [1.165, 1.54) is 58.3 Å². The number of carboxylic acid groups (broad SMARTS) is 1. The number of hydrogen-bond donors (Lipinski definition) is 32. The number of nitrogens with two attached hydrogens (primary N) is 8. The molecule has 0 aromatic heterocycles. The van der Waals surface area contributed by atoms with Crippen LogP contribution in [0.1, 0.15) is 139 Å². The smallest absolute Gasteiger partial charge is 0.326 e. The molecule has 3 saturated heterocycles. The molecule has 0 aliphatic carbocycles. The van der Waals surface area contributed by atoms with Gasteiger partial charge in [0, 0.05) is 83.1 Å². The summed E-state index contributed by atoms with van der Waals surface area (Å²) in [6, 6.07) is -1.10. The first-order valence-electron chi connectivity index (χ1n) is 46.6. The number of guanidine groups is 4. The highest BCUT2D eigenvalue weighted by molar-refractivity contribution is 8.76. The number of phenolic OH excluding ortho intramolecular Hbond substituents is 2. The van der Waals surface area contributed by atoms with E-state index < -0.39 is 222 Å². The maximum absolute atomic E-state index is 16.0. The highest BCUT2D eigenvalue weighted by atomic mass is 33.1. The summed E-state index contributed by atoms with van der Waals surface area (Å²) in [6.45, 7) is -0.252. The van der Waals surface area contributed by atoms with Gasteiger partial charge in [0.1, 0.15) is 90.0 Å². The number of fused-ring (bicyclic) bond motifs is 3. The Morgan fingerprint density at radius 1 is 0.418 bits per heavy atom. The van der Waals surface area contributed by atoms with Crippen LogP contribution < -0.4 is 136 Å². The van der Waals surface area contributed by atoms with Crippen molar-refractivity contribution in [1.29, 1.82) is 21.6 Å². The van der Waals surface area contributed by atoms with Gasteiger partial charge in [-0.15, -0.1) is 0 Å². The monoisotopic (exact) mass is 2010 g/mol. The van der Waals surface area contributed by atoms with Crippen molar-refractivity contribution in [3.05, 3.63) is 108 Å². The van der Waals surface area contributed by atoms with Crippen molar-refractivity contribution in [1.82, 2.24) is 100 Å². The van der Waals surface area contributed by atoms with Crippen LogP contribution in [0.15, 0.2) is 91.0 Å². The summed E-state index contributed by atoms with van der Waals surface area (Å²) in [6.07, 6.45) is -1.46. The number of amides is 17. The third-order valence-corrected chi connectivity index (χ3v) is 25.7. The van der Waals surface area contributed by atoms with Crippen LogP contribution in [0.5, 0.6) is 11.5 Å². The average molecular weight is 2010 g/mol. The Labute approximate surface area is 822 Å². The van der Waals surface area contributed by atoms with Gasteiger partial charge in [-0.2, -0.15) is 0 Å². The molecule has 0 spiro atoms. The molecular weight excluding hydrogens is 1870 g/mol. The molecule has 4 aromatic rings. The van der Waals surface area contributed by atoms with Crippen LogP contribution in [0.3, 0.4) is 0 Å². The molecule has 4 aromatic carbocycles. The van der Waals surface area contributed by atoms with Crippen molar-refractivity contribution in [3.8, 4) is 11.5 Å². The van der Waals surface area contributed by atoms with Gasteiger partial charge in [0.15, 0.2) is 23.8 Å². The Bertz CT molecular complexity index is 4990. The largest absolute Gasteiger partial charge is 0.508 e. The molecule has 50 nitrogen and oxygen atoms in total. The van der Waals surface area contributed by atoms with Crippen molar-refractivity contribution in [2.75, 3.05) is 70.4 Å². The zero-order chi connectivity index (χ0) is 103. The van der Waals surface area contributed by atoms with E-state index in [9.17, 15) is 34.5 Å². The van der Waals surface area contributed by atoms with Crippen LogP contribution in [0.2, 0.25) is 0 Å². The Kier molecular flexibility index (Phi) is 47.6. The van der Waals surface area contributed by atoms with Crippen molar-refractivity contribution in [2.24, 2.45) is 45.9 Å². The zero-order valence-electron chi connectivity index (χ0n) is 78.3. The summed E-state index contributed by atoms with van der Waals surface area (Å²) in [5.74, 6) is -17.6. The molecule has 52 heteroatoms. The number of hydrogen-bond acceptors (Lipinski definition) is 26. The molecule has 3 aliphatic heterocycles. The predicted octanol–water partition coefficient (Wildman–Crippen LogP) is -5.52. The van der Waals surface area contributed by atoms with Gasteiger partial charge < -0.3 is 161 Å². The lowest BCUT2D eigenvalue weighted by molar-refractivity contribution is -0.148. The fraction of sp³-hybridized carbons (Fsp3) is 0.528. The number of primary amides is 2. The van der Waals surface area contributed by atoms with Crippen molar-refractivity contribution in [3.63, 3.8) is 0 Å². The van der Waals surface area contributed by atoms with Gasteiger partial charge in [0.2, 0.25) is 76.8 Å². The van der Waals surface area contributed by atoms with Gasteiger partial charge in [-0.3, -0.25) is 84.0 Å². The SMILES string of the molecule is N=C(N)NCCC[C@H](NC(=O)[C@@H]1CSSC[C@H](NC(=O)[C@H](Cc2ccc3ccccc3c2)NC(=O)[C@H](CCCNC(=N)N)NC(=O)[C@@H](N)CCCNC(=N)N)C(=O)N[C@@H](Cc2ccc(O)cc2)C(=O)N[C@@H](CCCNC(N)=O)C(=O)N[C@@H](CCCCN)C(=O)N2CCC[C@@H]2C(=O)N2CCC[C@H]2C(=O)N[C@@H](Cc2ccc(O)cc2)C(=O)N[C@@H](CCCNC(=N)N)C(=O)N[C@@H](CCCNC(N)=O)C(=O)N1)C(=O)O. The van der Waals surface area contributed by atoms with Crippen molar-refractivity contribution < 1.29 is 92.0 Å². The fourth-order valence-corrected chi connectivity index (χ4v) is 18.3. The Hall–Kier alpha value is -14.4. The molecule has 3 heterocycles. The number of unbranched alkanes of at least 4 members (excludes halogenated alkanes) is 1. The second-order valence-corrected chi connectivity index (χ2v) is 36.8. The maximum atomic E-state index is 16.0. The van der Waals surface area contributed by atoms with Crippen LogP contribution in [0, 0.1) is 21.6 Å². The van der Waals surface area contributed by atoms with Crippen LogP contribution >= 0.6 is 21.6 Å². The molecule has 7 rings (SSSR count). The fourth-order valence-electron chi connectivity index (χ4n) is 15.9. The summed E-state index contributed by atoms with van der Waals surface area (Å²) in [5, 5.41) is 109. The van der Waals surface area contributed by atoms with Gasteiger partial charge in [-0.25, -0.2) is 14.4 Å². The van der Waals surface area contributed by atoms with E-state index in [2.05, 4.69) is 90.4 Å². The number of benzene rings is 4. The number of nitrogens with zero attached hydrogens (tertiary/aromatic N) is 2. The number of aliphatic carboxylic acids is 1. The molecule has 3 fully saturated rings. The van der Waals surface area contributed by atoms with Crippen LogP contribution in [0.25, 0.3) is 10.8 Å². The van der Waals surface area contributed by atoms with E-state index in [4.69, 9.17) is 67.5 Å². The van der Waals surface area contributed by atoms with Gasteiger partial charge in [0.05, 0.1) is 6.04 Å². The van der Waals surface area contributed by atoms with E-state index in [0.29, 0.717) is 22.9 Å². The number of phenols is 2. The first kappa shape index (κ1) is 114. The molecule has 0 saturated carbocycles. The number of nitrogens with one attached hydrogen (secondary N) is 21. The molecule has 0 bridgehead atoms. The van der Waals surface area contributed by atoms with Crippen LogP contribution in [-0.4, -0.2) is 299 Å². The lowest BCUT2D eigenvalue weighted by Crippen LogP contribution is -2.61. The third kappa shape index (κ3) is 39.8. The first-order chi connectivity index (χ1) is 67.3. The number of aromatic hydroxyl groups is 2. The van der Waals surface area contributed by atoms with E-state index in [-0.39, 0.29) is 204 Å². The standard InChI is InChI=1S/C89H135N31O19S2/c90-34-4-3-16-61-81(134)120-42-12-23-69(120)82(135)119-41-11-22-68(119)80(133)116-64(45-50-27-32-55(122)33-28-50)76(129)110-58(18-7-37-104-86(96)97)71(124)109-60(20-9-40-107-89(101)139)74(127)117-66(78(131)113-62(83(136)137)21-10-38-105-87(98)99)47-140-141-48-67(79(132)115-63(44-49-25-30-54(121)31-26-49)75(128)111-59(72(125)112-61)19-8-39-106-88(100)138)118-77(130)65(46-51-24-29-52-13-1-2-14-53(52)43-51)114-73(126)57(17-6-36-103-85(94)95)108-70(123)56(91)15-5-35-102-84(92)93/h1-2,13-14,24-33,43,56-69,121-122H,3-12,15-23,34-42,44-48,90-91H2,(H,108,123)(H,109,124)(H,110,129)(H,111,128)(H,112,125)(H,113,131)(H,114,126)(H,115,132)(H,116,133)(H,117,127)(H,118,130)(H,136,137)(H4,92,93,102)(H4,94,95,103)(H4,96,97,104)(H4,98,99,105)(H3,100,106,138)(H3,101,107,139)/t56-,57-,58-,59-,60-,61-,62-,63-,64-,65-,66-,67-,68-,69+/m0/s1. The number of carbonyl (C=O) groups is 16. The van der Waals surface area contributed by atoms with Gasteiger partial charge in [0.25, 0.3) is 0 Å². The molecular formula is C89H135N31O19S2. The minimum atomic E-state index is -1.91. The van der Waals surface area contributed by atoms with E-state index >= 15 is 57.5 Å². The molecule has 0 radical (unpaired) electrons. The molecule has 14 atom stereocenters. The summed E-state index contributed by atoms with van der Waals surface area (Å²) in [4.78, 5) is 239. The van der Waals surface area contributed by atoms with Gasteiger partial charge in [-0.1, -0.05) is 88.3 Å². The highest BCUT2D eigenvalue weighted by Gasteiger charge is 2.46. The molecule has 141 heavy (non-hydrogen) atoms. The summed E-state index contributed by atoms with van der Waals surface area (Å²) < 4.78 is 0. The minimum Gasteiger partial charge on any atom is -0.508 e. The predicted molar refractivity (Wildman–Crippen MR) is 526 cm³/mol. The lowest BCUT2D eigenvalue weighted by Gasteiger charge is -2.34. The van der Waals surface area contributed by atoms with E-state index in [0.717, 1.165) is 27.0 Å².